The van der Waals surface area contributed by atoms with Crippen molar-refractivity contribution in [1.82, 2.24) is 4.90 Å². The predicted octanol–water partition coefficient (Wildman–Crippen LogP) is 2.97. The van der Waals surface area contributed by atoms with E-state index in [2.05, 4.69) is 12.9 Å². The van der Waals surface area contributed by atoms with Gasteiger partial charge in [-0.1, -0.05) is 30.3 Å². The number of rotatable bonds is 5. The van der Waals surface area contributed by atoms with Gasteiger partial charge in [0, 0.05) is 6.54 Å². The van der Waals surface area contributed by atoms with E-state index >= 15 is 0 Å². The Labute approximate surface area is 153 Å². The lowest BCUT2D eigenvalue weighted by Crippen LogP contribution is -2.44. The number of amides is 1. The van der Waals surface area contributed by atoms with E-state index in [9.17, 15) is 9.59 Å². The normalized spacial score (nSPS) is 27.8. The molecule has 25 heavy (non-hydrogen) atoms. The van der Waals surface area contributed by atoms with Crippen molar-refractivity contribution in [3.63, 3.8) is 0 Å². The maximum absolute atomic E-state index is 12.6. The Bertz CT molecular complexity index is 617. The Hall–Kier alpha value is -1.73. The molecule has 6 nitrogen and oxygen atoms in total. The third-order valence-electron chi connectivity index (χ3n) is 4.98. The van der Waals surface area contributed by atoms with Crippen molar-refractivity contribution in [2.24, 2.45) is 5.41 Å². The van der Waals surface area contributed by atoms with Gasteiger partial charge in [0.25, 0.3) is 0 Å². The SMILES string of the molecule is CCOC(=O)C1CC2(CC(OS)C2)CN1C(=O)OCc1ccccc1. The van der Waals surface area contributed by atoms with Crippen LogP contribution >= 0.6 is 12.9 Å². The number of nitrogens with zero attached hydrogens (tertiary/aromatic N) is 1. The van der Waals surface area contributed by atoms with Crippen LogP contribution in [-0.4, -0.2) is 42.3 Å². The van der Waals surface area contributed by atoms with Gasteiger partial charge in [0.15, 0.2) is 0 Å². The molecule has 0 N–H and O–H groups in total. The number of carbonyl (C=O) groups excluding carboxylic acids is 2. The van der Waals surface area contributed by atoms with E-state index in [4.69, 9.17) is 13.7 Å². The average Bonchev–Trinajstić information content (AvgIpc) is 3.00. The second-order valence-electron chi connectivity index (χ2n) is 6.78. The zero-order valence-electron chi connectivity index (χ0n) is 14.2. The van der Waals surface area contributed by atoms with E-state index in [0.29, 0.717) is 13.0 Å². The van der Waals surface area contributed by atoms with Gasteiger partial charge in [-0.05, 0) is 50.1 Å². The highest BCUT2D eigenvalue weighted by Gasteiger charge is 2.56. The summed E-state index contributed by atoms with van der Waals surface area (Å²) in [6.07, 6.45) is 1.75. The van der Waals surface area contributed by atoms with E-state index in [-0.39, 0.29) is 30.7 Å². The van der Waals surface area contributed by atoms with Crippen LogP contribution in [0.15, 0.2) is 30.3 Å². The molecule has 3 rings (SSSR count). The first-order valence-corrected chi connectivity index (χ1v) is 8.87. The summed E-state index contributed by atoms with van der Waals surface area (Å²) in [4.78, 5) is 26.4. The number of carbonyl (C=O) groups is 2. The lowest BCUT2D eigenvalue weighted by molar-refractivity contribution is -0.148. The number of ether oxygens (including phenoxy) is 2. The maximum Gasteiger partial charge on any atom is 0.410 e. The van der Waals surface area contributed by atoms with Gasteiger partial charge < -0.3 is 13.7 Å². The molecule has 2 fully saturated rings. The molecule has 1 aromatic rings. The summed E-state index contributed by atoms with van der Waals surface area (Å²) in [6, 6.07) is 8.87. The van der Waals surface area contributed by atoms with Crippen molar-refractivity contribution in [2.45, 2.75) is 44.9 Å². The van der Waals surface area contributed by atoms with Crippen LogP contribution in [0, 0.1) is 5.41 Å². The average molecular weight is 365 g/mol. The Kier molecular flexibility index (Phi) is 5.54. The molecule has 0 radical (unpaired) electrons. The van der Waals surface area contributed by atoms with Crippen LogP contribution in [0.4, 0.5) is 4.79 Å². The summed E-state index contributed by atoms with van der Waals surface area (Å²) in [7, 11) is 0. The molecule has 1 aliphatic carbocycles. The number of hydrogen-bond donors (Lipinski definition) is 1. The second kappa shape index (κ2) is 7.66. The molecule has 0 aromatic heterocycles. The van der Waals surface area contributed by atoms with Gasteiger partial charge >= 0.3 is 12.1 Å². The molecule has 1 amide bonds. The van der Waals surface area contributed by atoms with Gasteiger partial charge in [0.05, 0.1) is 12.7 Å². The quantitative estimate of drug-likeness (QED) is 0.494. The number of thiol groups is 1. The summed E-state index contributed by atoms with van der Waals surface area (Å²) in [5, 5.41) is 0. The van der Waals surface area contributed by atoms with Crippen LogP contribution in [0.1, 0.15) is 31.7 Å². The first-order chi connectivity index (χ1) is 12.1. The molecule has 136 valence electrons. The van der Waals surface area contributed by atoms with Crippen molar-refractivity contribution < 1.29 is 23.2 Å². The summed E-state index contributed by atoms with van der Waals surface area (Å²) < 4.78 is 15.6. The molecular weight excluding hydrogens is 342 g/mol. The van der Waals surface area contributed by atoms with Gasteiger partial charge in [-0.2, -0.15) is 0 Å². The molecule has 0 bridgehead atoms. The Balaban J connectivity index is 1.65. The van der Waals surface area contributed by atoms with Gasteiger partial charge in [0.1, 0.15) is 12.6 Å². The molecule has 1 atom stereocenters. The molecule has 7 heteroatoms. The van der Waals surface area contributed by atoms with Crippen molar-refractivity contribution >= 4 is 25.0 Å². The fraction of sp³-hybridized carbons (Fsp3) is 0.556. The van der Waals surface area contributed by atoms with E-state index in [1.807, 2.05) is 30.3 Å². The fourth-order valence-electron chi connectivity index (χ4n) is 3.78. The molecule has 1 spiro atoms. The highest BCUT2D eigenvalue weighted by atomic mass is 32.1. The molecule has 1 heterocycles. The van der Waals surface area contributed by atoms with Gasteiger partial charge in [-0.25, -0.2) is 9.59 Å². The lowest BCUT2D eigenvalue weighted by Gasteiger charge is -2.43. The number of esters is 1. The van der Waals surface area contributed by atoms with E-state index in [1.165, 1.54) is 4.90 Å². The second-order valence-corrected chi connectivity index (χ2v) is 6.99. The summed E-state index contributed by atoms with van der Waals surface area (Å²) in [5.41, 5.74) is 0.806. The minimum Gasteiger partial charge on any atom is -0.464 e. The van der Waals surface area contributed by atoms with Crippen LogP contribution in [0.5, 0.6) is 0 Å². The van der Waals surface area contributed by atoms with E-state index in [1.54, 1.807) is 6.92 Å². The van der Waals surface area contributed by atoms with E-state index < -0.39 is 12.1 Å². The van der Waals surface area contributed by atoms with Crippen molar-refractivity contribution in [3.8, 4) is 0 Å². The Morgan fingerprint density at radius 1 is 1.20 bits per heavy atom. The zero-order valence-corrected chi connectivity index (χ0v) is 15.1. The molecule has 1 saturated heterocycles. The Morgan fingerprint density at radius 3 is 2.56 bits per heavy atom. The highest BCUT2D eigenvalue weighted by molar-refractivity contribution is 7.75. The molecule has 1 aromatic carbocycles. The highest BCUT2D eigenvalue weighted by Crippen LogP contribution is 2.52. The topological polar surface area (TPSA) is 65.1 Å². The van der Waals surface area contributed by atoms with Crippen molar-refractivity contribution in [1.29, 1.82) is 0 Å². The zero-order chi connectivity index (χ0) is 17.9. The van der Waals surface area contributed by atoms with Crippen LogP contribution in [-0.2, 0) is 25.1 Å². The molecule has 1 unspecified atom stereocenters. The smallest absolute Gasteiger partial charge is 0.410 e. The van der Waals surface area contributed by atoms with Gasteiger partial charge in [0.2, 0.25) is 0 Å². The molecule has 1 saturated carbocycles. The standard InChI is InChI=1S/C18H23NO5S/c1-2-22-16(20)15-10-18(8-14(9-18)24-25)12-19(15)17(21)23-11-13-6-4-3-5-7-13/h3-7,14-15,25H,2,8-12H2,1H3. The molecular formula is C18H23NO5S. The van der Waals surface area contributed by atoms with Crippen LogP contribution < -0.4 is 0 Å². The summed E-state index contributed by atoms with van der Waals surface area (Å²) in [6.45, 7) is 2.71. The number of benzene rings is 1. The Morgan fingerprint density at radius 2 is 1.92 bits per heavy atom. The summed E-state index contributed by atoms with van der Waals surface area (Å²) in [5.74, 6) is -0.369. The third kappa shape index (κ3) is 3.93. The molecule has 2 aliphatic rings. The summed E-state index contributed by atoms with van der Waals surface area (Å²) >= 11 is 3.86. The van der Waals surface area contributed by atoms with Crippen LogP contribution in [0.25, 0.3) is 0 Å². The van der Waals surface area contributed by atoms with Crippen molar-refractivity contribution in [2.75, 3.05) is 13.2 Å². The van der Waals surface area contributed by atoms with Crippen molar-refractivity contribution in [3.05, 3.63) is 35.9 Å². The van der Waals surface area contributed by atoms with Gasteiger partial charge in [-0.15, -0.1) is 0 Å². The first kappa shape index (κ1) is 18.1. The number of likely N-dealkylation sites (tertiary alicyclic amines) is 1. The lowest BCUT2D eigenvalue weighted by atomic mass is 9.65. The van der Waals surface area contributed by atoms with Gasteiger partial charge in [-0.3, -0.25) is 4.90 Å². The predicted molar refractivity (Wildman–Crippen MR) is 93.9 cm³/mol. The monoisotopic (exact) mass is 365 g/mol. The van der Waals surface area contributed by atoms with Crippen LogP contribution in [0.2, 0.25) is 0 Å². The van der Waals surface area contributed by atoms with Crippen LogP contribution in [0.3, 0.4) is 0 Å². The van der Waals surface area contributed by atoms with E-state index in [0.717, 1.165) is 18.4 Å². The largest absolute Gasteiger partial charge is 0.464 e. The third-order valence-corrected chi connectivity index (χ3v) is 5.28. The fourth-order valence-corrected chi connectivity index (χ4v) is 3.92. The maximum atomic E-state index is 12.6. The minimum atomic E-state index is -0.593. The molecule has 1 aliphatic heterocycles. The first-order valence-electron chi connectivity index (χ1n) is 8.51. The minimum absolute atomic E-state index is 0.0754. The number of hydrogen-bond acceptors (Lipinski definition) is 6.